The Morgan fingerprint density at radius 3 is 2.75 bits per heavy atom. The number of hydrogen-bond acceptors (Lipinski definition) is 3. The fraction of sp³-hybridized carbons (Fsp3) is 0.647. The molecule has 1 saturated heterocycles. The minimum Gasteiger partial charge on any atom is -0.313 e. The van der Waals surface area contributed by atoms with Crippen molar-refractivity contribution < 1.29 is 0 Å². The van der Waals surface area contributed by atoms with E-state index >= 15 is 0 Å². The maximum Gasteiger partial charge on any atom is 0.0195 e. The molecule has 1 aromatic rings. The maximum absolute atomic E-state index is 3.67. The second kappa shape index (κ2) is 9.43. The molecule has 0 radical (unpaired) electrons. The zero-order valence-corrected chi connectivity index (χ0v) is 13.5. The van der Waals surface area contributed by atoms with Crippen molar-refractivity contribution in [3.63, 3.8) is 0 Å². The van der Waals surface area contributed by atoms with Crippen molar-refractivity contribution in [2.45, 2.75) is 43.5 Å². The molecule has 1 aliphatic heterocycles. The maximum atomic E-state index is 3.67. The molecule has 0 saturated carbocycles. The molecule has 1 N–H and O–H groups in total. The number of nitrogens with one attached hydrogen (secondary N) is 1. The third-order valence-electron chi connectivity index (χ3n) is 3.85. The fourth-order valence-electron chi connectivity index (χ4n) is 2.81. The van der Waals surface area contributed by atoms with Crippen molar-refractivity contribution in [1.29, 1.82) is 0 Å². The van der Waals surface area contributed by atoms with Gasteiger partial charge < -0.3 is 10.2 Å². The van der Waals surface area contributed by atoms with Gasteiger partial charge in [0.1, 0.15) is 0 Å². The normalized spacial score (nSPS) is 19.4. The Kier molecular flexibility index (Phi) is 7.48. The van der Waals surface area contributed by atoms with Crippen LogP contribution in [0.25, 0.3) is 0 Å². The summed E-state index contributed by atoms with van der Waals surface area (Å²) >= 11 is 1.97. The Balaban J connectivity index is 1.71. The summed E-state index contributed by atoms with van der Waals surface area (Å²) in [4.78, 5) is 4.03. The molecule has 1 unspecified atom stereocenters. The zero-order valence-electron chi connectivity index (χ0n) is 12.7. The third kappa shape index (κ3) is 5.86. The summed E-state index contributed by atoms with van der Waals surface area (Å²) in [6, 6.07) is 11.5. The first-order chi connectivity index (χ1) is 9.88. The first kappa shape index (κ1) is 15.9. The molecular weight excluding hydrogens is 264 g/mol. The molecule has 0 spiro atoms. The van der Waals surface area contributed by atoms with Crippen LogP contribution in [-0.4, -0.2) is 42.9 Å². The van der Waals surface area contributed by atoms with Crippen LogP contribution in [0, 0.1) is 0 Å². The first-order valence-corrected chi connectivity index (χ1v) is 9.00. The Morgan fingerprint density at radius 1 is 1.20 bits per heavy atom. The molecule has 0 aliphatic carbocycles. The van der Waals surface area contributed by atoms with E-state index in [1.807, 2.05) is 11.8 Å². The van der Waals surface area contributed by atoms with Crippen molar-refractivity contribution >= 4 is 11.8 Å². The summed E-state index contributed by atoms with van der Waals surface area (Å²) < 4.78 is 0. The van der Waals surface area contributed by atoms with Gasteiger partial charge in [0, 0.05) is 29.8 Å². The second-order valence-corrected chi connectivity index (χ2v) is 6.78. The molecule has 0 aromatic heterocycles. The van der Waals surface area contributed by atoms with Gasteiger partial charge in [-0.2, -0.15) is 0 Å². The van der Waals surface area contributed by atoms with Gasteiger partial charge in [-0.3, -0.25) is 0 Å². The van der Waals surface area contributed by atoms with Crippen molar-refractivity contribution in [3.05, 3.63) is 30.3 Å². The van der Waals surface area contributed by atoms with Crippen LogP contribution in [0.5, 0.6) is 0 Å². The van der Waals surface area contributed by atoms with Gasteiger partial charge in [0.15, 0.2) is 0 Å². The summed E-state index contributed by atoms with van der Waals surface area (Å²) in [7, 11) is 0. The van der Waals surface area contributed by atoms with E-state index < -0.39 is 0 Å². The van der Waals surface area contributed by atoms with Crippen LogP contribution < -0.4 is 5.32 Å². The predicted molar refractivity (Wildman–Crippen MR) is 89.5 cm³/mol. The van der Waals surface area contributed by atoms with Crippen LogP contribution >= 0.6 is 11.8 Å². The van der Waals surface area contributed by atoms with E-state index in [1.165, 1.54) is 62.5 Å². The number of benzene rings is 1. The third-order valence-corrected chi connectivity index (χ3v) is 4.84. The second-order valence-electron chi connectivity index (χ2n) is 5.61. The van der Waals surface area contributed by atoms with Gasteiger partial charge in [-0.25, -0.2) is 0 Å². The quantitative estimate of drug-likeness (QED) is 0.737. The molecule has 2 rings (SSSR count). The van der Waals surface area contributed by atoms with Crippen LogP contribution in [-0.2, 0) is 0 Å². The Labute approximate surface area is 128 Å². The molecule has 20 heavy (non-hydrogen) atoms. The lowest BCUT2D eigenvalue weighted by atomic mass is 10.0. The van der Waals surface area contributed by atoms with Crippen LogP contribution in [0.15, 0.2) is 35.2 Å². The molecule has 1 aromatic carbocycles. The Hall–Kier alpha value is -0.510. The lowest BCUT2D eigenvalue weighted by Gasteiger charge is -2.30. The highest BCUT2D eigenvalue weighted by Gasteiger charge is 2.15. The number of rotatable bonds is 8. The van der Waals surface area contributed by atoms with E-state index in [-0.39, 0.29) is 0 Å². The number of nitrogens with zero attached hydrogens (tertiary/aromatic N) is 1. The minimum absolute atomic E-state index is 0.719. The van der Waals surface area contributed by atoms with Crippen molar-refractivity contribution in [1.82, 2.24) is 10.2 Å². The first-order valence-electron chi connectivity index (χ1n) is 8.02. The molecule has 0 bridgehead atoms. The topological polar surface area (TPSA) is 15.3 Å². The van der Waals surface area contributed by atoms with Crippen LogP contribution in [0.3, 0.4) is 0 Å². The van der Waals surface area contributed by atoms with E-state index in [9.17, 15) is 0 Å². The van der Waals surface area contributed by atoms with Gasteiger partial charge >= 0.3 is 0 Å². The van der Waals surface area contributed by atoms with E-state index in [0.29, 0.717) is 0 Å². The summed E-state index contributed by atoms with van der Waals surface area (Å²) in [6.07, 6.45) is 5.36. The largest absolute Gasteiger partial charge is 0.313 e. The van der Waals surface area contributed by atoms with Gasteiger partial charge in [0.25, 0.3) is 0 Å². The molecule has 1 heterocycles. The highest BCUT2D eigenvalue weighted by molar-refractivity contribution is 7.99. The van der Waals surface area contributed by atoms with E-state index in [0.717, 1.165) is 6.04 Å². The molecule has 1 aliphatic rings. The van der Waals surface area contributed by atoms with Crippen LogP contribution in [0.2, 0.25) is 0 Å². The number of hydrogen-bond donors (Lipinski definition) is 1. The molecule has 3 heteroatoms. The van der Waals surface area contributed by atoms with Crippen molar-refractivity contribution in [2.24, 2.45) is 0 Å². The van der Waals surface area contributed by atoms with Gasteiger partial charge in [-0.1, -0.05) is 31.5 Å². The Morgan fingerprint density at radius 2 is 2.05 bits per heavy atom. The van der Waals surface area contributed by atoms with Crippen LogP contribution in [0.1, 0.15) is 32.6 Å². The molecule has 0 amide bonds. The van der Waals surface area contributed by atoms with E-state index in [2.05, 4.69) is 47.5 Å². The molecule has 2 nitrogen and oxygen atoms in total. The van der Waals surface area contributed by atoms with Gasteiger partial charge in [-0.05, 0) is 44.5 Å². The SMILES string of the molecule is CCCN(CCSc1ccccc1)CC1CCCCN1. The zero-order chi connectivity index (χ0) is 14.0. The average molecular weight is 292 g/mol. The monoisotopic (exact) mass is 292 g/mol. The predicted octanol–water partition coefficient (Wildman–Crippen LogP) is 3.63. The molecule has 112 valence electrons. The van der Waals surface area contributed by atoms with Gasteiger partial charge in [-0.15, -0.1) is 11.8 Å². The number of piperidine rings is 1. The average Bonchev–Trinajstić information content (AvgIpc) is 2.49. The van der Waals surface area contributed by atoms with Gasteiger partial charge in [0.2, 0.25) is 0 Å². The molecular formula is C17H28N2S. The number of thioether (sulfide) groups is 1. The van der Waals surface area contributed by atoms with Gasteiger partial charge in [0.05, 0.1) is 0 Å². The Bertz CT molecular complexity index is 349. The molecule has 1 fully saturated rings. The summed E-state index contributed by atoms with van der Waals surface area (Å²) in [6.45, 7) is 7.15. The summed E-state index contributed by atoms with van der Waals surface area (Å²) in [5.41, 5.74) is 0. The lowest BCUT2D eigenvalue weighted by Crippen LogP contribution is -2.44. The fourth-order valence-corrected chi connectivity index (χ4v) is 3.75. The van der Waals surface area contributed by atoms with E-state index in [4.69, 9.17) is 0 Å². The van der Waals surface area contributed by atoms with Crippen molar-refractivity contribution in [3.8, 4) is 0 Å². The highest BCUT2D eigenvalue weighted by atomic mass is 32.2. The minimum atomic E-state index is 0.719. The molecule has 1 atom stereocenters. The summed E-state index contributed by atoms with van der Waals surface area (Å²) in [5, 5.41) is 3.67. The highest BCUT2D eigenvalue weighted by Crippen LogP contribution is 2.17. The summed E-state index contributed by atoms with van der Waals surface area (Å²) in [5.74, 6) is 1.19. The smallest absolute Gasteiger partial charge is 0.0195 e. The van der Waals surface area contributed by atoms with Crippen molar-refractivity contribution in [2.75, 3.05) is 31.9 Å². The van der Waals surface area contributed by atoms with E-state index in [1.54, 1.807) is 0 Å². The van der Waals surface area contributed by atoms with Crippen LogP contribution in [0.4, 0.5) is 0 Å². The lowest BCUT2D eigenvalue weighted by molar-refractivity contribution is 0.235. The standard InChI is InChI=1S/C17H28N2S/c1-2-12-19(15-16-8-6-7-11-18-16)13-14-20-17-9-4-3-5-10-17/h3-5,9-10,16,18H,2,6-8,11-15H2,1H3.